The van der Waals surface area contributed by atoms with Crippen LogP contribution in [-0.2, 0) is 43.6 Å². The number of esters is 1. The van der Waals surface area contributed by atoms with Crippen LogP contribution in [0.5, 0.6) is 0 Å². The Morgan fingerprint density at radius 3 is 1.62 bits per heavy atom. The van der Waals surface area contributed by atoms with Crippen molar-refractivity contribution >= 4 is 5.97 Å². The summed E-state index contributed by atoms with van der Waals surface area (Å²) in [5, 5.41) is 0. The molecule has 1 saturated carbocycles. The van der Waals surface area contributed by atoms with Crippen molar-refractivity contribution in [2.45, 2.75) is 44.6 Å². The number of benzene rings is 3. The highest BCUT2D eigenvalue weighted by molar-refractivity contribution is 5.73. The number of allylic oxidation sites excluding steroid dienone is 1. The zero-order valence-electron chi connectivity index (χ0n) is 21.1. The van der Waals surface area contributed by atoms with Crippen LogP contribution in [0.1, 0.15) is 23.1 Å². The molecule has 0 aliphatic heterocycles. The van der Waals surface area contributed by atoms with Crippen molar-refractivity contribution < 1.29 is 23.7 Å². The summed E-state index contributed by atoms with van der Waals surface area (Å²) in [6, 6.07) is 30.4. The van der Waals surface area contributed by atoms with Crippen molar-refractivity contribution in [1.29, 1.82) is 0 Å². The van der Waals surface area contributed by atoms with Gasteiger partial charge in [-0.05, 0) is 23.1 Å². The predicted octanol–water partition coefficient (Wildman–Crippen LogP) is 5.74. The molecule has 2 aliphatic carbocycles. The van der Waals surface area contributed by atoms with Crippen LogP contribution in [0.25, 0.3) is 0 Å². The van der Waals surface area contributed by atoms with Gasteiger partial charge in [0.2, 0.25) is 0 Å². The Labute approximate surface area is 219 Å². The van der Waals surface area contributed by atoms with Crippen LogP contribution in [0, 0.1) is 17.8 Å². The number of carbonyl (C=O) groups excluding carboxylic acids is 1. The average Bonchev–Trinajstić information content (AvgIpc) is 3.27. The maximum absolute atomic E-state index is 12.9. The lowest BCUT2D eigenvalue weighted by Gasteiger charge is -2.32. The molecule has 5 nitrogen and oxygen atoms in total. The smallest absolute Gasteiger partial charge is 0.309 e. The molecule has 0 radical (unpaired) electrons. The second-order valence-electron chi connectivity index (χ2n) is 9.73. The van der Waals surface area contributed by atoms with E-state index in [2.05, 4.69) is 36.4 Å². The monoisotopic (exact) mass is 498 g/mol. The van der Waals surface area contributed by atoms with E-state index in [0.29, 0.717) is 26.2 Å². The first-order valence-electron chi connectivity index (χ1n) is 13.0. The van der Waals surface area contributed by atoms with Gasteiger partial charge in [-0.1, -0.05) is 103 Å². The minimum atomic E-state index is -0.350. The van der Waals surface area contributed by atoms with E-state index in [1.165, 1.54) is 7.11 Å². The highest BCUT2D eigenvalue weighted by Gasteiger charge is 2.57. The maximum Gasteiger partial charge on any atom is 0.309 e. The molecule has 0 aromatic heterocycles. The molecule has 0 bridgehead atoms. The molecule has 0 amide bonds. The summed E-state index contributed by atoms with van der Waals surface area (Å²) < 4.78 is 25.1. The normalized spacial score (nSPS) is 26.5. The third-order valence-electron chi connectivity index (χ3n) is 7.42. The van der Waals surface area contributed by atoms with Gasteiger partial charge in [-0.25, -0.2) is 0 Å². The first-order valence-corrected chi connectivity index (χ1v) is 13.0. The summed E-state index contributed by atoms with van der Waals surface area (Å²) in [6.07, 6.45) is 3.94. The van der Waals surface area contributed by atoms with Gasteiger partial charge in [-0.3, -0.25) is 4.79 Å². The molecule has 3 aromatic carbocycles. The van der Waals surface area contributed by atoms with Gasteiger partial charge in [0.1, 0.15) is 6.10 Å². The highest BCUT2D eigenvalue weighted by Crippen LogP contribution is 2.47. The summed E-state index contributed by atoms with van der Waals surface area (Å²) >= 11 is 0. The molecular weight excluding hydrogens is 464 g/mol. The first-order chi connectivity index (χ1) is 18.2. The van der Waals surface area contributed by atoms with Crippen molar-refractivity contribution in [3.8, 4) is 0 Å². The summed E-state index contributed by atoms with van der Waals surface area (Å²) in [7, 11) is 1.46. The number of hydrogen-bond donors (Lipinski definition) is 0. The molecule has 0 saturated heterocycles. The summed E-state index contributed by atoms with van der Waals surface area (Å²) in [6.45, 7) is 1.33. The number of carbonyl (C=O) groups is 1. The van der Waals surface area contributed by atoms with Crippen LogP contribution in [0.15, 0.2) is 103 Å². The molecule has 1 fully saturated rings. The van der Waals surface area contributed by atoms with Crippen LogP contribution in [0.4, 0.5) is 0 Å². The van der Waals surface area contributed by atoms with Gasteiger partial charge >= 0.3 is 5.97 Å². The molecule has 0 heterocycles. The predicted molar refractivity (Wildman–Crippen MR) is 141 cm³/mol. The summed E-state index contributed by atoms with van der Waals surface area (Å²) in [4.78, 5) is 12.9. The third-order valence-corrected chi connectivity index (χ3v) is 7.42. The number of methoxy groups -OCH3 is 1. The van der Waals surface area contributed by atoms with E-state index in [-0.39, 0.29) is 42.0 Å². The van der Waals surface area contributed by atoms with Crippen molar-refractivity contribution in [3.05, 3.63) is 120 Å². The van der Waals surface area contributed by atoms with E-state index in [1.807, 2.05) is 66.7 Å². The Hall–Kier alpha value is -3.25. The largest absolute Gasteiger partial charge is 0.469 e. The first kappa shape index (κ1) is 25.4. The van der Waals surface area contributed by atoms with E-state index in [4.69, 9.17) is 18.9 Å². The summed E-state index contributed by atoms with van der Waals surface area (Å²) in [5.74, 6) is -0.655. The second kappa shape index (κ2) is 12.3. The number of fused-ring (bicyclic) bond motifs is 1. The third kappa shape index (κ3) is 6.02. The Bertz CT molecular complexity index is 1150. The molecular formula is C32H34O5. The van der Waals surface area contributed by atoms with Crippen LogP contribution in [0.2, 0.25) is 0 Å². The molecule has 2 aliphatic rings. The zero-order valence-corrected chi connectivity index (χ0v) is 21.1. The highest BCUT2D eigenvalue weighted by atomic mass is 16.6. The van der Waals surface area contributed by atoms with Gasteiger partial charge in [-0.15, -0.1) is 0 Å². The van der Waals surface area contributed by atoms with Crippen LogP contribution in [0.3, 0.4) is 0 Å². The van der Waals surface area contributed by atoms with Gasteiger partial charge in [0.05, 0.1) is 45.1 Å². The molecule has 37 heavy (non-hydrogen) atoms. The number of ether oxygens (including phenoxy) is 4. The van der Waals surface area contributed by atoms with Crippen LogP contribution < -0.4 is 0 Å². The van der Waals surface area contributed by atoms with Crippen LogP contribution >= 0.6 is 0 Å². The maximum atomic E-state index is 12.9. The standard InChI is InChI=1S/C32H34O5/c1-34-32(33)27-19-11-18-26-28(27)30(36-21-24-14-7-3-8-15-24)31(37-22-25-16-9-4-10-17-25)29(26)35-20-23-12-5-2-6-13-23/h2-18,26-31H,19-22H2,1H3/t26-,27+,28+,29+,30-,31-/m0/s1. The lowest BCUT2D eigenvalue weighted by atomic mass is 9.76. The lowest BCUT2D eigenvalue weighted by Crippen LogP contribution is -2.40. The van der Waals surface area contributed by atoms with Gasteiger partial charge in [0, 0.05) is 11.8 Å². The fraction of sp³-hybridized carbons (Fsp3) is 0.344. The topological polar surface area (TPSA) is 54.0 Å². The Morgan fingerprint density at radius 1 is 0.676 bits per heavy atom. The van der Waals surface area contributed by atoms with Gasteiger partial charge in [-0.2, -0.15) is 0 Å². The Balaban J connectivity index is 1.45. The zero-order chi connectivity index (χ0) is 25.5. The van der Waals surface area contributed by atoms with Crippen molar-refractivity contribution in [2.75, 3.05) is 7.11 Å². The number of hydrogen-bond acceptors (Lipinski definition) is 5. The lowest BCUT2D eigenvalue weighted by molar-refractivity contribution is -0.153. The quantitative estimate of drug-likeness (QED) is 0.264. The van der Waals surface area contributed by atoms with Crippen molar-refractivity contribution in [1.82, 2.24) is 0 Å². The SMILES string of the molecule is COC(=O)[C@@H]1CC=C[C@@H]2[C@@H](OCc3ccccc3)[C@H](OCc3ccccc3)[C@@H](OCc3ccccc3)[C@H]21. The molecule has 5 heteroatoms. The van der Waals surface area contributed by atoms with Crippen molar-refractivity contribution in [2.24, 2.45) is 17.8 Å². The fourth-order valence-corrected chi connectivity index (χ4v) is 5.64. The summed E-state index contributed by atoms with van der Waals surface area (Å²) in [5.41, 5.74) is 3.26. The van der Waals surface area contributed by atoms with Crippen LogP contribution in [-0.4, -0.2) is 31.4 Å². The van der Waals surface area contributed by atoms with E-state index >= 15 is 0 Å². The minimum Gasteiger partial charge on any atom is -0.469 e. The minimum absolute atomic E-state index is 0.0249. The molecule has 0 N–H and O–H groups in total. The van der Waals surface area contributed by atoms with E-state index in [1.54, 1.807) is 0 Å². The van der Waals surface area contributed by atoms with E-state index in [0.717, 1.165) is 16.7 Å². The molecule has 192 valence electrons. The fourth-order valence-electron chi connectivity index (χ4n) is 5.64. The molecule has 0 spiro atoms. The van der Waals surface area contributed by atoms with E-state index in [9.17, 15) is 4.79 Å². The molecule has 6 atom stereocenters. The van der Waals surface area contributed by atoms with Gasteiger partial charge < -0.3 is 18.9 Å². The van der Waals surface area contributed by atoms with Gasteiger partial charge in [0.25, 0.3) is 0 Å². The number of rotatable bonds is 10. The Kier molecular flexibility index (Phi) is 8.46. The second-order valence-corrected chi connectivity index (χ2v) is 9.73. The van der Waals surface area contributed by atoms with Crippen molar-refractivity contribution in [3.63, 3.8) is 0 Å². The van der Waals surface area contributed by atoms with E-state index < -0.39 is 0 Å². The molecule has 3 aromatic rings. The van der Waals surface area contributed by atoms with Gasteiger partial charge in [0.15, 0.2) is 0 Å². The average molecular weight is 499 g/mol. The molecule has 0 unspecified atom stereocenters. The molecule has 5 rings (SSSR count). The Morgan fingerprint density at radius 2 is 1.14 bits per heavy atom.